The molecule has 7 nitrogen and oxygen atoms in total. The van der Waals surface area contributed by atoms with Gasteiger partial charge in [0.1, 0.15) is 10.8 Å². The minimum absolute atomic E-state index is 0.0251. The van der Waals surface area contributed by atoms with Gasteiger partial charge >= 0.3 is 5.97 Å². The van der Waals surface area contributed by atoms with Gasteiger partial charge in [-0.3, -0.25) is 9.59 Å². The minimum atomic E-state index is -1.04. The fraction of sp³-hybridized carbons (Fsp3) is 0.435. The summed E-state index contributed by atoms with van der Waals surface area (Å²) < 4.78 is 10.6. The van der Waals surface area contributed by atoms with Gasteiger partial charge in [-0.2, -0.15) is 0 Å². The van der Waals surface area contributed by atoms with E-state index in [1.807, 2.05) is 12.1 Å². The summed E-state index contributed by atoms with van der Waals surface area (Å²) in [6, 6.07) is 7.49. The van der Waals surface area contributed by atoms with E-state index in [4.69, 9.17) is 15.2 Å². The Morgan fingerprint density at radius 3 is 2.45 bits per heavy atom. The van der Waals surface area contributed by atoms with Crippen molar-refractivity contribution >= 4 is 34.1 Å². The van der Waals surface area contributed by atoms with Gasteiger partial charge in [-0.25, -0.2) is 4.79 Å². The lowest BCUT2D eigenvalue weighted by molar-refractivity contribution is -0.155. The second-order valence-electron chi connectivity index (χ2n) is 8.61. The average Bonchev–Trinajstić information content (AvgIpc) is 3.26. The molecule has 1 aromatic carbocycles. The quantitative estimate of drug-likeness (QED) is 0.635. The molecule has 0 radical (unpaired) electrons. The van der Waals surface area contributed by atoms with Crippen molar-refractivity contribution in [2.24, 2.45) is 5.73 Å². The molecule has 0 fully saturated rings. The zero-order valence-electron chi connectivity index (χ0n) is 18.2. The van der Waals surface area contributed by atoms with E-state index in [1.165, 1.54) is 18.3 Å². The zero-order chi connectivity index (χ0) is 22.8. The van der Waals surface area contributed by atoms with Crippen LogP contribution in [0.25, 0.3) is 0 Å². The third kappa shape index (κ3) is 5.44. The number of nitrogens with two attached hydrogens (primary N) is 1. The Kier molecular flexibility index (Phi) is 6.69. The van der Waals surface area contributed by atoms with Gasteiger partial charge < -0.3 is 20.5 Å². The molecule has 166 valence electrons. The molecule has 1 aliphatic rings. The molecule has 1 unspecified atom stereocenters. The van der Waals surface area contributed by atoms with Gasteiger partial charge in [0.2, 0.25) is 0 Å². The van der Waals surface area contributed by atoms with Gasteiger partial charge in [0, 0.05) is 4.88 Å². The molecule has 1 atom stereocenters. The molecule has 0 bridgehead atoms. The topological polar surface area (TPSA) is 108 Å². The van der Waals surface area contributed by atoms with Gasteiger partial charge in [-0.1, -0.05) is 32.9 Å². The summed E-state index contributed by atoms with van der Waals surface area (Å²) in [7, 11) is 0. The molecular formula is C23H28N2O5S. The normalized spacial score (nSPS) is 13.9. The number of rotatable bonds is 7. The predicted molar refractivity (Wildman–Crippen MR) is 120 cm³/mol. The van der Waals surface area contributed by atoms with Crippen molar-refractivity contribution in [3.63, 3.8) is 0 Å². The highest BCUT2D eigenvalue weighted by atomic mass is 32.1. The summed E-state index contributed by atoms with van der Waals surface area (Å²) in [6.45, 7) is 7.50. The maximum absolute atomic E-state index is 12.5. The van der Waals surface area contributed by atoms with E-state index < -0.39 is 23.9 Å². The summed E-state index contributed by atoms with van der Waals surface area (Å²) in [4.78, 5) is 37.5. The van der Waals surface area contributed by atoms with Gasteiger partial charge in [-0.15, -0.1) is 11.3 Å². The number of esters is 1. The first-order valence-electron chi connectivity index (χ1n) is 10.2. The van der Waals surface area contributed by atoms with E-state index in [9.17, 15) is 14.4 Å². The molecule has 3 rings (SSSR count). The number of carbonyl (C=O) groups is 3. The Bertz CT molecular complexity index is 989. The monoisotopic (exact) mass is 444 g/mol. The van der Waals surface area contributed by atoms with Crippen LogP contribution < -0.4 is 15.8 Å². The first-order chi connectivity index (χ1) is 14.6. The fourth-order valence-electron chi connectivity index (χ4n) is 3.44. The number of ether oxygens (including phenoxy) is 2. The van der Waals surface area contributed by atoms with Crippen LogP contribution in [0.15, 0.2) is 24.3 Å². The van der Waals surface area contributed by atoms with E-state index in [1.54, 1.807) is 12.1 Å². The summed E-state index contributed by atoms with van der Waals surface area (Å²) >= 11 is 1.35. The SMILES string of the molecule is CC(OC(=O)COc1ccc(C(C)(C)C)cc1)C(=O)Nc1sc2c(c1C(N)=O)CCC2. The minimum Gasteiger partial charge on any atom is -0.482 e. The van der Waals surface area contributed by atoms with E-state index in [0.717, 1.165) is 35.3 Å². The number of nitrogens with one attached hydrogen (secondary N) is 1. The van der Waals surface area contributed by atoms with Crippen molar-refractivity contribution in [3.05, 3.63) is 45.8 Å². The number of thiophene rings is 1. The lowest BCUT2D eigenvalue weighted by atomic mass is 9.87. The smallest absolute Gasteiger partial charge is 0.344 e. The molecule has 2 amide bonds. The first kappa shape index (κ1) is 22.8. The van der Waals surface area contributed by atoms with Crippen LogP contribution in [0.1, 0.15) is 60.5 Å². The molecule has 2 aromatic rings. The number of aryl methyl sites for hydroxylation is 1. The predicted octanol–water partition coefficient (Wildman–Crippen LogP) is 3.58. The van der Waals surface area contributed by atoms with Crippen molar-refractivity contribution in [2.75, 3.05) is 11.9 Å². The average molecular weight is 445 g/mol. The van der Waals surface area contributed by atoms with Gasteiger partial charge in [-0.05, 0) is 54.9 Å². The summed E-state index contributed by atoms with van der Waals surface area (Å²) in [5.41, 5.74) is 7.97. The van der Waals surface area contributed by atoms with Gasteiger partial charge in [0.15, 0.2) is 12.7 Å². The van der Waals surface area contributed by atoms with Gasteiger partial charge in [0.05, 0.1) is 5.56 Å². The van der Waals surface area contributed by atoms with Crippen LogP contribution in [0.4, 0.5) is 5.00 Å². The van der Waals surface area contributed by atoms with E-state index in [0.29, 0.717) is 16.3 Å². The Hall–Kier alpha value is -2.87. The Labute approximate surface area is 185 Å². The van der Waals surface area contributed by atoms with Crippen LogP contribution in [-0.2, 0) is 32.6 Å². The maximum Gasteiger partial charge on any atom is 0.344 e. The number of carbonyl (C=O) groups excluding carboxylic acids is 3. The molecule has 0 saturated heterocycles. The maximum atomic E-state index is 12.5. The van der Waals surface area contributed by atoms with E-state index in [2.05, 4.69) is 26.1 Å². The number of hydrogen-bond acceptors (Lipinski definition) is 6. The highest BCUT2D eigenvalue weighted by molar-refractivity contribution is 7.17. The van der Waals surface area contributed by atoms with Crippen LogP contribution in [0.5, 0.6) is 5.75 Å². The molecular weight excluding hydrogens is 416 g/mol. The molecule has 0 aliphatic heterocycles. The molecule has 1 aliphatic carbocycles. The van der Waals surface area contributed by atoms with E-state index >= 15 is 0 Å². The van der Waals surface area contributed by atoms with Crippen LogP contribution in [0.2, 0.25) is 0 Å². The van der Waals surface area contributed by atoms with Crippen LogP contribution >= 0.6 is 11.3 Å². The second kappa shape index (κ2) is 9.09. The first-order valence-corrected chi connectivity index (χ1v) is 11.1. The number of fused-ring (bicyclic) bond motifs is 1. The lowest BCUT2D eigenvalue weighted by Gasteiger charge is -2.19. The lowest BCUT2D eigenvalue weighted by Crippen LogP contribution is -2.32. The molecule has 0 saturated carbocycles. The molecule has 1 aromatic heterocycles. The largest absolute Gasteiger partial charge is 0.482 e. The molecule has 8 heteroatoms. The van der Waals surface area contributed by atoms with Crippen molar-refractivity contribution in [1.82, 2.24) is 0 Å². The Balaban J connectivity index is 1.53. The zero-order valence-corrected chi connectivity index (χ0v) is 19.1. The Morgan fingerprint density at radius 1 is 1.16 bits per heavy atom. The van der Waals surface area contributed by atoms with Crippen molar-refractivity contribution in [2.45, 2.75) is 58.5 Å². The molecule has 0 spiro atoms. The van der Waals surface area contributed by atoms with Crippen LogP contribution in [0, 0.1) is 0 Å². The fourth-order valence-corrected chi connectivity index (χ4v) is 4.74. The van der Waals surface area contributed by atoms with Crippen molar-refractivity contribution in [1.29, 1.82) is 0 Å². The van der Waals surface area contributed by atoms with Crippen LogP contribution in [0.3, 0.4) is 0 Å². The number of hydrogen-bond donors (Lipinski definition) is 2. The number of amides is 2. The van der Waals surface area contributed by atoms with Crippen molar-refractivity contribution in [3.8, 4) is 5.75 Å². The molecule has 1 heterocycles. The number of primary amides is 1. The third-order valence-electron chi connectivity index (χ3n) is 5.16. The third-order valence-corrected chi connectivity index (χ3v) is 6.37. The molecule has 3 N–H and O–H groups in total. The van der Waals surface area contributed by atoms with Gasteiger partial charge in [0.25, 0.3) is 11.8 Å². The van der Waals surface area contributed by atoms with E-state index in [-0.39, 0.29) is 12.0 Å². The molecule has 31 heavy (non-hydrogen) atoms. The summed E-state index contributed by atoms with van der Waals surface area (Å²) in [6.07, 6.45) is 1.58. The standard InChI is InChI=1S/C23H28N2O5S/c1-13(21(28)25-22-19(20(24)27)16-6-5-7-17(16)31-22)30-18(26)12-29-15-10-8-14(9-11-15)23(2,3)4/h8-11,13H,5-7,12H2,1-4H3,(H2,24,27)(H,25,28). The van der Waals surface area contributed by atoms with Crippen molar-refractivity contribution < 1.29 is 23.9 Å². The highest BCUT2D eigenvalue weighted by Crippen LogP contribution is 2.38. The second-order valence-corrected chi connectivity index (χ2v) is 9.72. The Morgan fingerprint density at radius 2 is 1.84 bits per heavy atom. The number of anilines is 1. The highest BCUT2D eigenvalue weighted by Gasteiger charge is 2.28. The van der Waals surface area contributed by atoms with Crippen LogP contribution in [-0.4, -0.2) is 30.5 Å². The number of benzene rings is 1. The summed E-state index contributed by atoms with van der Waals surface area (Å²) in [5, 5.41) is 3.10. The summed E-state index contributed by atoms with van der Waals surface area (Å²) in [5.74, 6) is -1.21.